The molecule has 0 aliphatic carbocycles. The van der Waals surface area contributed by atoms with Gasteiger partial charge >= 0.3 is 0 Å². The third-order valence-corrected chi connectivity index (χ3v) is 5.34. The molecule has 22 heavy (non-hydrogen) atoms. The summed E-state index contributed by atoms with van der Waals surface area (Å²) >= 11 is 0. The number of hydrogen-bond acceptors (Lipinski definition) is 5. The Morgan fingerprint density at radius 1 is 1.45 bits per heavy atom. The zero-order valence-corrected chi connectivity index (χ0v) is 12.8. The van der Waals surface area contributed by atoms with Crippen molar-refractivity contribution in [2.75, 3.05) is 0 Å². The van der Waals surface area contributed by atoms with Gasteiger partial charge in [-0.1, -0.05) is 6.07 Å². The highest BCUT2D eigenvalue weighted by molar-refractivity contribution is 7.89. The normalized spacial score (nSPS) is 17.7. The van der Waals surface area contributed by atoms with Gasteiger partial charge in [-0.2, -0.15) is 10.4 Å². The minimum absolute atomic E-state index is 0.128. The number of nitriles is 1. The van der Waals surface area contributed by atoms with Crippen molar-refractivity contribution >= 4 is 10.0 Å². The van der Waals surface area contributed by atoms with E-state index in [2.05, 4.69) is 14.8 Å². The lowest BCUT2D eigenvalue weighted by Crippen LogP contribution is -2.33. The number of aromatic nitrogens is 3. The van der Waals surface area contributed by atoms with Crippen molar-refractivity contribution in [1.29, 1.82) is 5.26 Å². The minimum Gasteiger partial charge on any atom is -0.248 e. The molecule has 0 spiro atoms. The predicted octanol–water partition coefficient (Wildman–Crippen LogP) is 1.27. The maximum Gasteiger partial charge on any atom is 0.241 e. The first-order valence-electron chi connectivity index (χ1n) is 6.92. The summed E-state index contributed by atoms with van der Waals surface area (Å²) in [5.74, 6) is 0.629. The van der Waals surface area contributed by atoms with E-state index in [0.717, 1.165) is 13.0 Å². The Kier molecular flexibility index (Phi) is 3.68. The topological polar surface area (TPSA) is 101 Å². The zero-order chi connectivity index (χ0) is 15.7. The number of nitrogens with zero attached hydrogens (tertiary/aromatic N) is 4. The van der Waals surface area contributed by atoms with Crippen LogP contribution in [-0.4, -0.2) is 23.2 Å². The molecule has 0 amide bonds. The van der Waals surface area contributed by atoms with Crippen LogP contribution in [0.5, 0.6) is 0 Å². The summed E-state index contributed by atoms with van der Waals surface area (Å²) in [4.78, 5) is 4.27. The molecule has 0 fully saturated rings. The fraction of sp³-hybridized carbons (Fsp3) is 0.357. The molecule has 1 N–H and O–H groups in total. The Bertz CT molecular complexity index is 850. The number of sulfonamides is 1. The van der Waals surface area contributed by atoms with Crippen molar-refractivity contribution in [2.45, 2.75) is 37.2 Å². The van der Waals surface area contributed by atoms with Crippen LogP contribution in [0, 0.1) is 18.3 Å². The molecule has 3 rings (SSSR count). The van der Waals surface area contributed by atoms with Gasteiger partial charge in [0.2, 0.25) is 10.0 Å². The predicted molar refractivity (Wildman–Crippen MR) is 78.2 cm³/mol. The van der Waals surface area contributed by atoms with Crippen molar-refractivity contribution in [3.05, 3.63) is 41.5 Å². The maximum absolute atomic E-state index is 12.6. The van der Waals surface area contributed by atoms with E-state index in [1.165, 1.54) is 12.4 Å². The third-order valence-electron chi connectivity index (χ3n) is 3.72. The average Bonchev–Trinajstić information content (AvgIpc) is 2.97. The largest absolute Gasteiger partial charge is 0.248 e. The Morgan fingerprint density at radius 3 is 3.05 bits per heavy atom. The van der Waals surface area contributed by atoms with E-state index >= 15 is 0 Å². The summed E-state index contributed by atoms with van der Waals surface area (Å²) in [5, 5.41) is 13.0. The van der Waals surface area contributed by atoms with Gasteiger partial charge in [-0.3, -0.25) is 0 Å². The zero-order valence-electron chi connectivity index (χ0n) is 12.0. The van der Waals surface area contributed by atoms with Crippen molar-refractivity contribution in [3.8, 4) is 6.07 Å². The molecule has 0 saturated heterocycles. The fourth-order valence-electron chi connectivity index (χ4n) is 2.61. The molecular weight excluding hydrogens is 302 g/mol. The van der Waals surface area contributed by atoms with Crippen molar-refractivity contribution in [1.82, 2.24) is 19.5 Å². The molecular formula is C14H15N5O2S. The molecule has 1 aliphatic heterocycles. The highest BCUT2D eigenvalue weighted by Crippen LogP contribution is 2.25. The SMILES string of the molecule is Cc1ccc(C#N)cc1S(=O)(=O)NC1CCCn2ncnc21. The van der Waals surface area contributed by atoms with Gasteiger partial charge in [-0.05, 0) is 37.5 Å². The smallest absolute Gasteiger partial charge is 0.241 e. The van der Waals surface area contributed by atoms with Crippen molar-refractivity contribution < 1.29 is 8.42 Å². The number of fused-ring (bicyclic) bond motifs is 1. The van der Waals surface area contributed by atoms with E-state index in [0.29, 0.717) is 23.4 Å². The second kappa shape index (κ2) is 5.51. The summed E-state index contributed by atoms with van der Waals surface area (Å²) in [6, 6.07) is 6.20. The molecule has 114 valence electrons. The van der Waals surface area contributed by atoms with Gasteiger partial charge < -0.3 is 0 Å². The minimum atomic E-state index is -3.73. The number of aryl methyl sites for hydroxylation is 2. The van der Waals surface area contributed by atoms with E-state index in [9.17, 15) is 8.42 Å². The standard InChI is InChI=1S/C14H15N5O2S/c1-10-4-5-11(8-15)7-13(10)22(20,21)18-12-3-2-6-19-14(12)16-9-17-19/h4-5,7,9,12,18H,2-3,6H2,1H3. The second-order valence-corrected chi connectivity index (χ2v) is 6.93. The van der Waals surface area contributed by atoms with E-state index in [1.54, 1.807) is 23.7 Å². The molecule has 7 nitrogen and oxygen atoms in total. The molecule has 2 heterocycles. The molecule has 0 bridgehead atoms. The average molecular weight is 317 g/mol. The maximum atomic E-state index is 12.6. The summed E-state index contributed by atoms with van der Waals surface area (Å²) in [6.45, 7) is 2.45. The number of nitrogens with one attached hydrogen (secondary N) is 1. The van der Waals surface area contributed by atoms with Gasteiger partial charge in [0.15, 0.2) is 0 Å². The van der Waals surface area contributed by atoms with Gasteiger partial charge in [0.05, 0.1) is 22.6 Å². The Balaban J connectivity index is 1.95. The summed E-state index contributed by atoms with van der Waals surface area (Å²) in [7, 11) is -3.73. The van der Waals surface area contributed by atoms with Gasteiger partial charge in [-0.15, -0.1) is 0 Å². The molecule has 0 saturated carbocycles. The molecule has 1 aromatic heterocycles. The van der Waals surface area contributed by atoms with Gasteiger partial charge in [0.25, 0.3) is 0 Å². The van der Waals surface area contributed by atoms with Gasteiger partial charge in [0.1, 0.15) is 12.2 Å². The van der Waals surface area contributed by atoms with Crippen LogP contribution >= 0.6 is 0 Å². The Morgan fingerprint density at radius 2 is 2.27 bits per heavy atom. The van der Waals surface area contributed by atoms with Gasteiger partial charge in [-0.25, -0.2) is 22.8 Å². The summed E-state index contributed by atoms with van der Waals surface area (Å²) < 4.78 is 29.7. The lowest BCUT2D eigenvalue weighted by molar-refractivity contribution is 0.400. The lowest BCUT2D eigenvalue weighted by atomic mass is 10.1. The highest BCUT2D eigenvalue weighted by Gasteiger charge is 2.28. The van der Waals surface area contributed by atoms with Crippen LogP contribution in [0.4, 0.5) is 0 Å². The van der Waals surface area contributed by atoms with Crippen LogP contribution in [0.25, 0.3) is 0 Å². The van der Waals surface area contributed by atoms with Crippen LogP contribution in [0.1, 0.15) is 35.8 Å². The monoisotopic (exact) mass is 317 g/mol. The van der Waals surface area contributed by atoms with Crippen LogP contribution in [0.15, 0.2) is 29.4 Å². The lowest BCUT2D eigenvalue weighted by Gasteiger charge is -2.23. The van der Waals surface area contributed by atoms with Crippen LogP contribution in [0.2, 0.25) is 0 Å². The molecule has 1 aromatic carbocycles. The van der Waals surface area contributed by atoms with Gasteiger partial charge in [0, 0.05) is 6.54 Å². The van der Waals surface area contributed by atoms with E-state index < -0.39 is 16.1 Å². The van der Waals surface area contributed by atoms with E-state index in [-0.39, 0.29) is 4.90 Å². The number of rotatable bonds is 3. The Hall–Kier alpha value is -2.24. The second-order valence-electron chi connectivity index (χ2n) is 5.25. The van der Waals surface area contributed by atoms with E-state index in [1.807, 2.05) is 6.07 Å². The number of benzene rings is 1. The van der Waals surface area contributed by atoms with Crippen LogP contribution < -0.4 is 4.72 Å². The number of hydrogen-bond donors (Lipinski definition) is 1. The molecule has 1 atom stereocenters. The first kappa shape index (κ1) is 14.7. The Labute approximate surface area is 128 Å². The first-order chi connectivity index (χ1) is 10.5. The van der Waals surface area contributed by atoms with Crippen LogP contribution in [-0.2, 0) is 16.6 Å². The fourth-order valence-corrected chi connectivity index (χ4v) is 4.11. The molecule has 8 heteroatoms. The van der Waals surface area contributed by atoms with Crippen molar-refractivity contribution in [2.24, 2.45) is 0 Å². The summed E-state index contributed by atoms with van der Waals surface area (Å²) in [5.41, 5.74) is 0.918. The highest BCUT2D eigenvalue weighted by atomic mass is 32.2. The molecule has 1 unspecified atom stereocenters. The quantitative estimate of drug-likeness (QED) is 0.918. The van der Waals surface area contributed by atoms with Crippen molar-refractivity contribution in [3.63, 3.8) is 0 Å². The first-order valence-corrected chi connectivity index (χ1v) is 8.40. The van der Waals surface area contributed by atoms with Crippen LogP contribution in [0.3, 0.4) is 0 Å². The molecule has 1 aliphatic rings. The summed E-state index contributed by atoms with van der Waals surface area (Å²) in [6.07, 6.45) is 2.94. The molecule has 0 radical (unpaired) electrons. The molecule has 2 aromatic rings. The van der Waals surface area contributed by atoms with E-state index in [4.69, 9.17) is 5.26 Å². The third kappa shape index (κ3) is 2.61.